The van der Waals surface area contributed by atoms with Gasteiger partial charge in [0.15, 0.2) is 11.0 Å². The Labute approximate surface area is 62.8 Å². The molecular weight excluding hydrogens is 148 g/mol. The van der Waals surface area contributed by atoms with Crippen LogP contribution in [0.15, 0.2) is 24.3 Å². The highest BCUT2D eigenvalue weighted by atomic mass is 35.5. The number of aromatic amines is 2. The zero-order chi connectivity index (χ0) is 6.97. The van der Waals surface area contributed by atoms with E-state index in [9.17, 15) is 0 Å². The van der Waals surface area contributed by atoms with E-state index in [1.54, 1.807) is 0 Å². The molecule has 0 atom stereocenters. The third-order valence-corrected chi connectivity index (χ3v) is 1.60. The van der Waals surface area contributed by atoms with Crippen LogP contribution in [-0.4, -0.2) is 4.98 Å². The minimum absolute atomic E-state index is 0.571. The van der Waals surface area contributed by atoms with Crippen LogP contribution >= 0.6 is 11.6 Å². The highest BCUT2D eigenvalue weighted by Crippen LogP contribution is 2.07. The van der Waals surface area contributed by atoms with Gasteiger partial charge in [0.1, 0.15) is 0 Å². The normalized spacial score (nSPS) is 10.5. The van der Waals surface area contributed by atoms with Crippen molar-refractivity contribution in [3.63, 3.8) is 0 Å². The molecule has 0 spiro atoms. The summed E-state index contributed by atoms with van der Waals surface area (Å²) in [7, 11) is 0. The standard InChI is InChI=1S/C7H5ClN2/c8-7-9-5-3-1-2-4-6(5)10-7/h1-4H,(H,9,10)/p+1. The topological polar surface area (TPSA) is 29.9 Å². The van der Waals surface area contributed by atoms with Gasteiger partial charge in [-0.05, 0) is 12.1 Å². The minimum atomic E-state index is 0.571. The molecule has 0 unspecified atom stereocenters. The number of nitrogens with one attached hydrogen (secondary N) is 2. The molecule has 0 aliphatic heterocycles. The van der Waals surface area contributed by atoms with Crippen molar-refractivity contribution in [2.75, 3.05) is 0 Å². The van der Waals surface area contributed by atoms with E-state index >= 15 is 0 Å². The second-order valence-corrected chi connectivity index (χ2v) is 2.49. The predicted octanol–water partition coefficient (Wildman–Crippen LogP) is 1.64. The van der Waals surface area contributed by atoms with Crippen LogP contribution < -0.4 is 4.98 Å². The zero-order valence-corrected chi connectivity index (χ0v) is 5.94. The van der Waals surface area contributed by atoms with Gasteiger partial charge in [-0.1, -0.05) is 12.1 Å². The van der Waals surface area contributed by atoms with Crippen LogP contribution in [0.5, 0.6) is 0 Å². The van der Waals surface area contributed by atoms with Gasteiger partial charge in [0.2, 0.25) is 0 Å². The molecule has 2 N–H and O–H groups in total. The zero-order valence-electron chi connectivity index (χ0n) is 5.19. The summed E-state index contributed by atoms with van der Waals surface area (Å²) in [6.45, 7) is 0. The number of hydrogen-bond donors (Lipinski definition) is 1. The second-order valence-electron chi connectivity index (χ2n) is 2.11. The molecule has 50 valence electrons. The Morgan fingerprint density at radius 2 is 2.10 bits per heavy atom. The molecule has 0 aliphatic carbocycles. The predicted molar refractivity (Wildman–Crippen MR) is 39.9 cm³/mol. The van der Waals surface area contributed by atoms with Crippen molar-refractivity contribution >= 4 is 22.6 Å². The molecule has 0 aliphatic rings. The van der Waals surface area contributed by atoms with E-state index in [-0.39, 0.29) is 0 Å². The first-order valence-electron chi connectivity index (χ1n) is 3.02. The van der Waals surface area contributed by atoms with E-state index < -0.39 is 0 Å². The van der Waals surface area contributed by atoms with E-state index in [0.717, 1.165) is 11.0 Å². The Kier molecular flexibility index (Phi) is 1.14. The fraction of sp³-hybridized carbons (Fsp3) is 0. The maximum Gasteiger partial charge on any atom is 0.351 e. The van der Waals surface area contributed by atoms with Gasteiger partial charge in [-0.2, -0.15) is 0 Å². The van der Waals surface area contributed by atoms with E-state index in [4.69, 9.17) is 11.6 Å². The molecular formula is C7H6ClN2+. The molecule has 0 radical (unpaired) electrons. The van der Waals surface area contributed by atoms with Crippen LogP contribution in [0.2, 0.25) is 5.28 Å². The van der Waals surface area contributed by atoms with Crippen molar-refractivity contribution in [1.29, 1.82) is 0 Å². The van der Waals surface area contributed by atoms with Crippen molar-refractivity contribution in [3.05, 3.63) is 29.5 Å². The molecule has 0 bridgehead atoms. The highest BCUT2D eigenvalue weighted by Gasteiger charge is 2.03. The Hall–Kier alpha value is -1.02. The lowest BCUT2D eigenvalue weighted by atomic mass is 10.3. The number of para-hydroxylation sites is 2. The lowest BCUT2D eigenvalue weighted by Gasteiger charge is -1.75. The van der Waals surface area contributed by atoms with Crippen molar-refractivity contribution < 1.29 is 4.98 Å². The van der Waals surface area contributed by atoms with Gasteiger partial charge in [-0.3, -0.25) is 0 Å². The van der Waals surface area contributed by atoms with Crippen molar-refractivity contribution in [1.82, 2.24) is 4.98 Å². The first kappa shape index (κ1) is 5.74. The molecule has 1 aromatic heterocycles. The van der Waals surface area contributed by atoms with Crippen LogP contribution in [0.3, 0.4) is 0 Å². The Morgan fingerprint density at radius 3 is 2.90 bits per heavy atom. The van der Waals surface area contributed by atoms with Gasteiger partial charge in [0.25, 0.3) is 0 Å². The number of hydrogen-bond acceptors (Lipinski definition) is 0. The summed E-state index contributed by atoms with van der Waals surface area (Å²) in [5.41, 5.74) is 2.07. The molecule has 0 saturated carbocycles. The number of aromatic nitrogens is 2. The van der Waals surface area contributed by atoms with Crippen molar-refractivity contribution in [2.24, 2.45) is 0 Å². The number of halogens is 1. The summed E-state index contributed by atoms with van der Waals surface area (Å²) < 4.78 is 0. The quantitative estimate of drug-likeness (QED) is 0.597. The Balaban J connectivity index is 2.88. The molecule has 1 heterocycles. The lowest BCUT2D eigenvalue weighted by Crippen LogP contribution is -1.96. The van der Waals surface area contributed by atoms with E-state index in [0.29, 0.717) is 5.28 Å². The first-order valence-corrected chi connectivity index (χ1v) is 3.39. The SMILES string of the molecule is Clc1[nH]c2ccccc2[nH+]1. The molecule has 2 aromatic rings. The fourth-order valence-electron chi connectivity index (χ4n) is 0.969. The smallest absolute Gasteiger partial charge is 0.226 e. The molecule has 10 heavy (non-hydrogen) atoms. The average molecular weight is 154 g/mol. The molecule has 3 heteroatoms. The molecule has 2 nitrogen and oxygen atoms in total. The summed E-state index contributed by atoms with van der Waals surface area (Å²) in [5.74, 6) is 0. The highest BCUT2D eigenvalue weighted by molar-refractivity contribution is 6.27. The monoisotopic (exact) mass is 153 g/mol. The van der Waals surface area contributed by atoms with Gasteiger partial charge in [0, 0.05) is 11.6 Å². The van der Waals surface area contributed by atoms with Crippen LogP contribution in [0, 0.1) is 0 Å². The lowest BCUT2D eigenvalue weighted by molar-refractivity contribution is -0.341. The third-order valence-electron chi connectivity index (χ3n) is 1.42. The van der Waals surface area contributed by atoms with Crippen LogP contribution in [-0.2, 0) is 0 Å². The minimum Gasteiger partial charge on any atom is -0.226 e. The Morgan fingerprint density at radius 1 is 1.30 bits per heavy atom. The van der Waals surface area contributed by atoms with Gasteiger partial charge in [-0.25, -0.2) is 9.97 Å². The number of H-pyrrole nitrogens is 2. The van der Waals surface area contributed by atoms with Crippen LogP contribution in [0.1, 0.15) is 0 Å². The summed E-state index contributed by atoms with van der Waals surface area (Å²) >= 11 is 5.67. The summed E-state index contributed by atoms with van der Waals surface area (Å²) in [6.07, 6.45) is 0. The van der Waals surface area contributed by atoms with Gasteiger partial charge >= 0.3 is 5.28 Å². The van der Waals surface area contributed by atoms with Crippen molar-refractivity contribution in [3.8, 4) is 0 Å². The number of rotatable bonds is 0. The molecule has 0 saturated heterocycles. The van der Waals surface area contributed by atoms with Gasteiger partial charge in [0.05, 0.1) is 0 Å². The molecule has 2 rings (SSSR count). The van der Waals surface area contributed by atoms with Crippen LogP contribution in [0.4, 0.5) is 0 Å². The molecule has 1 aromatic carbocycles. The van der Waals surface area contributed by atoms with Crippen LogP contribution in [0.25, 0.3) is 11.0 Å². The summed E-state index contributed by atoms with van der Waals surface area (Å²) in [4.78, 5) is 5.94. The van der Waals surface area contributed by atoms with E-state index in [2.05, 4.69) is 9.97 Å². The summed E-state index contributed by atoms with van der Waals surface area (Å²) in [6, 6.07) is 7.86. The number of benzene rings is 1. The third kappa shape index (κ3) is 0.772. The van der Waals surface area contributed by atoms with E-state index in [1.165, 1.54) is 0 Å². The first-order chi connectivity index (χ1) is 4.86. The average Bonchev–Trinajstić information content (AvgIpc) is 2.27. The largest absolute Gasteiger partial charge is 0.351 e. The maximum absolute atomic E-state index is 5.67. The molecule has 0 fully saturated rings. The number of fused-ring (bicyclic) bond motifs is 1. The molecule has 0 amide bonds. The van der Waals surface area contributed by atoms with Gasteiger partial charge in [-0.15, -0.1) is 0 Å². The summed E-state index contributed by atoms with van der Waals surface area (Å²) in [5, 5.41) is 0.571. The maximum atomic E-state index is 5.67. The Bertz CT molecular complexity index is 320. The van der Waals surface area contributed by atoms with Gasteiger partial charge < -0.3 is 0 Å². The second kappa shape index (κ2) is 1.99. The van der Waals surface area contributed by atoms with Crippen molar-refractivity contribution in [2.45, 2.75) is 0 Å². The fourth-order valence-corrected chi connectivity index (χ4v) is 1.17. The van der Waals surface area contributed by atoms with E-state index in [1.807, 2.05) is 24.3 Å². The number of imidazole rings is 1.